The summed E-state index contributed by atoms with van der Waals surface area (Å²) in [5, 5.41) is 19.6. The molecule has 0 saturated carbocycles. The summed E-state index contributed by atoms with van der Waals surface area (Å²) >= 11 is 6.44. The fourth-order valence-electron chi connectivity index (χ4n) is 3.32. The zero-order valence-electron chi connectivity index (χ0n) is 15.4. The summed E-state index contributed by atoms with van der Waals surface area (Å²) in [5.41, 5.74) is 1.41. The van der Waals surface area contributed by atoms with E-state index in [9.17, 15) is 9.90 Å². The van der Waals surface area contributed by atoms with E-state index in [0.29, 0.717) is 42.0 Å². The Labute approximate surface area is 169 Å². The van der Waals surface area contributed by atoms with Crippen LogP contribution in [0.25, 0.3) is 0 Å². The lowest BCUT2D eigenvalue weighted by molar-refractivity contribution is -0.304. The highest BCUT2D eigenvalue weighted by Crippen LogP contribution is 2.45. The third-order valence-electron chi connectivity index (χ3n) is 4.69. The van der Waals surface area contributed by atoms with Crippen LogP contribution in [0.1, 0.15) is 42.9 Å². The van der Waals surface area contributed by atoms with Gasteiger partial charge in [0.2, 0.25) is 0 Å². The monoisotopic (exact) mass is 402 g/mol. The summed E-state index contributed by atoms with van der Waals surface area (Å²) in [6.07, 6.45) is 4.79. The summed E-state index contributed by atoms with van der Waals surface area (Å²) in [6.45, 7) is 0.438. The van der Waals surface area contributed by atoms with E-state index in [0.717, 1.165) is 0 Å². The van der Waals surface area contributed by atoms with Crippen LogP contribution in [0.2, 0.25) is 5.02 Å². The van der Waals surface area contributed by atoms with Crippen LogP contribution in [0.15, 0.2) is 60.7 Å². The summed E-state index contributed by atoms with van der Waals surface area (Å²) < 4.78 is 12.5. The normalized spacial score (nSPS) is 22.4. The van der Waals surface area contributed by atoms with E-state index in [4.69, 9.17) is 26.2 Å². The van der Waals surface area contributed by atoms with Crippen LogP contribution in [-0.2, 0) is 20.1 Å². The second-order valence-electron chi connectivity index (χ2n) is 6.64. The lowest BCUT2D eigenvalue weighted by atomic mass is 9.97. The molecule has 1 fully saturated rings. The fourth-order valence-corrected chi connectivity index (χ4v) is 3.60. The van der Waals surface area contributed by atoms with Crippen molar-refractivity contribution in [2.75, 3.05) is 6.61 Å². The maximum atomic E-state index is 10.7. The van der Waals surface area contributed by atoms with E-state index in [-0.39, 0.29) is 18.3 Å². The molecule has 1 aliphatic rings. The zero-order valence-corrected chi connectivity index (χ0v) is 16.1. The highest BCUT2D eigenvalue weighted by atomic mass is 35.5. The van der Waals surface area contributed by atoms with Crippen molar-refractivity contribution in [3.8, 4) is 5.75 Å². The van der Waals surface area contributed by atoms with Crippen molar-refractivity contribution < 1.29 is 24.5 Å². The first kappa shape index (κ1) is 20.4. The molecular weight excluding hydrogens is 380 g/mol. The van der Waals surface area contributed by atoms with Crippen molar-refractivity contribution in [3.63, 3.8) is 0 Å². The molecule has 0 aliphatic carbocycles. The van der Waals surface area contributed by atoms with Gasteiger partial charge in [0.05, 0.1) is 12.7 Å². The summed E-state index contributed by atoms with van der Waals surface area (Å²) in [7, 11) is 0. The third-order valence-corrected chi connectivity index (χ3v) is 5.02. The minimum Gasteiger partial charge on any atom is -0.508 e. The standard InChI is InChI=1S/C22H23ClO5/c23-18-10-5-4-9-17(18)22(14-7-1-2-12-21(25)26)27-15-13-20(28-22)16-8-3-6-11-19(16)24/h1,3-11,20,24H,2,12-15H2,(H,25,26)/t20-,22+/m0/s1. The number of carboxylic acid groups (broad SMARTS) is 1. The van der Waals surface area contributed by atoms with Gasteiger partial charge in [-0.3, -0.25) is 4.79 Å². The lowest BCUT2D eigenvalue weighted by Crippen LogP contribution is -2.39. The molecule has 0 aromatic heterocycles. The molecule has 0 amide bonds. The second kappa shape index (κ2) is 9.24. The molecule has 1 aliphatic heterocycles. The van der Waals surface area contributed by atoms with Crippen LogP contribution in [0.3, 0.4) is 0 Å². The Morgan fingerprint density at radius 1 is 1.18 bits per heavy atom. The van der Waals surface area contributed by atoms with E-state index < -0.39 is 11.8 Å². The van der Waals surface area contributed by atoms with Crippen LogP contribution < -0.4 is 0 Å². The number of hydrogen-bond donors (Lipinski definition) is 2. The van der Waals surface area contributed by atoms with Gasteiger partial charge in [-0.2, -0.15) is 0 Å². The highest BCUT2D eigenvalue weighted by molar-refractivity contribution is 6.31. The number of aromatic hydroxyl groups is 1. The average Bonchev–Trinajstić information content (AvgIpc) is 2.68. The summed E-state index contributed by atoms with van der Waals surface area (Å²) in [4.78, 5) is 10.7. The molecule has 6 heteroatoms. The zero-order chi connectivity index (χ0) is 20.0. The smallest absolute Gasteiger partial charge is 0.303 e. The van der Waals surface area contributed by atoms with Crippen molar-refractivity contribution in [3.05, 3.63) is 76.8 Å². The molecule has 148 valence electrons. The molecule has 2 atom stereocenters. The van der Waals surface area contributed by atoms with E-state index >= 15 is 0 Å². The molecule has 28 heavy (non-hydrogen) atoms. The van der Waals surface area contributed by atoms with Crippen LogP contribution in [0.4, 0.5) is 0 Å². The van der Waals surface area contributed by atoms with Gasteiger partial charge in [0.25, 0.3) is 0 Å². The summed E-state index contributed by atoms with van der Waals surface area (Å²) in [5.74, 6) is -1.77. The predicted octanol–water partition coefficient (Wildman–Crippen LogP) is 5.19. The number of carboxylic acids is 1. The molecule has 2 aromatic rings. The Morgan fingerprint density at radius 2 is 1.93 bits per heavy atom. The SMILES string of the molecule is O=C(O)CCC=CC[C@@]1(c2ccccc2Cl)OCC[C@@H](c2ccccc2O)O1. The van der Waals surface area contributed by atoms with Gasteiger partial charge < -0.3 is 19.7 Å². The number of ether oxygens (including phenoxy) is 2. The fraction of sp³-hybridized carbons (Fsp3) is 0.318. The van der Waals surface area contributed by atoms with Gasteiger partial charge in [0, 0.05) is 35.4 Å². The molecule has 1 heterocycles. The third kappa shape index (κ3) is 4.73. The van der Waals surface area contributed by atoms with Crippen LogP contribution >= 0.6 is 11.6 Å². The van der Waals surface area contributed by atoms with E-state index in [1.165, 1.54) is 0 Å². The summed E-state index contributed by atoms with van der Waals surface area (Å²) in [6, 6.07) is 14.5. The second-order valence-corrected chi connectivity index (χ2v) is 7.05. The van der Waals surface area contributed by atoms with Crippen molar-refractivity contribution in [2.45, 2.75) is 37.6 Å². The average molecular weight is 403 g/mol. The molecule has 0 radical (unpaired) electrons. The maximum Gasteiger partial charge on any atom is 0.303 e. The first-order chi connectivity index (χ1) is 13.5. The quantitative estimate of drug-likeness (QED) is 0.623. The molecule has 1 saturated heterocycles. The Bertz CT molecular complexity index is 850. The Hall–Kier alpha value is -2.34. The Kier molecular flexibility index (Phi) is 6.73. The molecular formula is C22H23ClO5. The molecule has 2 N–H and O–H groups in total. The molecule has 5 nitrogen and oxygen atoms in total. The van der Waals surface area contributed by atoms with E-state index in [2.05, 4.69) is 0 Å². The van der Waals surface area contributed by atoms with Gasteiger partial charge in [-0.1, -0.05) is 60.2 Å². The Morgan fingerprint density at radius 3 is 2.68 bits per heavy atom. The predicted molar refractivity (Wildman–Crippen MR) is 106 cm³/mol. The van der Waals surface area contributed by atoms with Crippen molar-refractivity contribution >= 4 is 17.6 Å². The molecule has 0 unspecified atom stereocenters. The molecule has 2 aromatic carbocycles. The molecule has 0 spiro atoms. The molecule has 0 bridgehead atoms. The Balaban J connectivity index is 1.89. The minimum atomic E-state index is -1.11. The number of allylic oxidation sites excluding steroid dienone is 1. The first-order valence-corrected chi connectivity index (χ1v) is 9.61. The van der Waals surface area contributed by atoms with Crippen molar-refractivity contribution in [1.82, 2.24) is 0 Å². The van der Waals surface area contributed by atoms with Crippen LogP contribution in [-0.4, -0.2) is 22.8 Å². The van der Waals surface area contributed by atoms with Gasteiger partial charge in [-0.05, 0) is 18.6 Å². The number of carbonyl (C=O) groups is 1. The lowest BCUT2D eigenvalue weighted by Gasteiger charge is -2.41. The van der Waals surface area contributed by atoms with Gasteiger partial charge in [0.15, 0.2) is 5.79 Å². The van der Waals surface area contributed by atoms with Gasteiger partial charge >= 0.3 is 5.97 Å². The minimum absolute atomic E-state index is 0.0673. The number of benzene rings is 2. The van der Waals surface area contributed by atoms with Gasteiger partial charge in [-0.15, -0.1) is 0 Å². The van der Waals surface area contributed by atoms with Crippen molar-refractivity contribution in [1.29, 1.82) is 0 Å². The number of halogens is 1. The number of phenolic OH excluding ortho intramolecular Hbond substituents is 1. The number of para-hydroxylation sites is 1. The number of phenols is 1. The number of aliphatic carboxylic acids is 1. The maximum absolute atomic E-state index is 10.7. The highest BCUT2D eigenvalue weighted by Gasteiger charge is 2.41. The molecule has 3 rings (SSSR count). The van der Waals surface area contributed by atoms with E-state index in [1.807, 2.05) is 42.5 Å². The van der Waals surface area contributed by atoms with Gasteiger partial charge in [0.1, 0.15) is 5.75 Å². The van der Waals surface area contributed by atoms with Crippen molar-refractivity contribution in [2.24, 2.45) is 0 Å². The topological polar surface area (TPSA) is 76.0 Å². The number of hydrogen-bond acceptors (Lipinski definition) is 4. The van der Waals surface area contributed by atoms with Crippen LogP contribution in [0, 0.1) is 0 Å². The first-order valence-electron chi connectivity index (χ1n) is 9.23. The van der Waals surface area contributed by atoms with Gasteiger partial charge in [-0.25, -0.2) is 0 Å². The number of rotatable bonds is 7. The largest absolute Gasteiger partial charge is 0.508 e. The van der Waals surface area contributed by atoms with Crippen LogP contribution in [0.5, 0.6) is 5.75 Å². The van der Waals surface area contributed by atoms with E-state index in [1.54, 1.807) is 18.2 Å².